The minimum absolute atomic E-state index is 0.148. The minimum atomic E-state index is -0.508. The van der Waals surface area contributed by atoms with Gasteiger partial charge in [0.15, 0.2) is 0 Å². The molecule has 1 fully saturated rings. The van der Waals surface area contributed by atoms with Crippen LogP contribution in [0.5, 0.6) is 5.75 Å². The zero-order valence-electron chi connectivity index (χ0n) is 12.9. The van der Waals surface area contributed by atoms with Crippen molar-refractivity contribution in [3.8, 4) is 5.75 Å². The van der Waals surface area contributed by atoms with E-state index in [9.17, 15) is 14.4 Å². The molecule has 8 nitrogen and oxygen atoms in total. The van der Waals surface area contributed by atoms with Crippen LogP contribution in [0, 0.1) is 0 Å². The highest BCUT2D eigenvalue weighted by molar-refractivity contribution is 6.06. The Morgan fingerprint density at radius 3 is 2.87 bits per heavy atom. The number of ether oxygens (including phenoxy) is 1. The van der Waals surface area contributed by atoms with Crippen LogP contribution in [-0.4, -0.2) is 38.0 Å². The first kappa shape index (κ1) is 16.8. The van der Waals surface area contributed by atoms with Gasteiger partial charge >= 0.3 is 6.03 Å². The topological polar surface area (TPSA) is 114 Å². The van der Waals surface area contributed by atoms with Crippen LogP contribution >= 0.6 is 0 Å². The van der Waals surface area contributed by atoms with Crippen LogP contribution in [0.15, 0.2) is 18.2 Å². The molecule has 2 rings (SSSR count). The average molecular weight is 320 g/mol. The highest BCUT2D eigenvalue weighted by Crippen LogP contribution is 2.32. The van der Waals surface area contributed by atoms with Gasteiger partial charge in [0, 0.05) is 25.1 Å². The predicted octanol–water partition coefficient (Wildman–Crippen LogP) is 0.819. The maximum absolute atomic E-state index is 12.0. The van der Waals surface area contributed by atoms with E-state index in [0.717, 1.165) is 0 Å². The van der Waals surface area contributed by atoms with Crippen LogP contribution in [0.3, 0.4) is 0 Å². The quantitative estimate of drug-likeness (QED) is 0.718. The summed E-state index contributed by atoms with van der Waals surface area (Å²) in [6.07, 6.45) is 1.14. The maximum atomic E-state index is 12.0. The smallest absolute Gasteiger partial charge is 0.328 e. The number of amides is 4. The van der Waals surface area contributed by atoms with Crippen molar-refractivity contribution in [1.29, 1.82) is 0 Å². The number of benzene rings is 1. The number of carbonyl (C=O) groups is 3. The molecule has 1 aromatic carbocycles. The Balaban J connectivity index is 2.20. The number of carbonyl (C=O) groups excluding carboxylic acids is 3. The van der Waals surface area contributed by atoms with Crippen LogP contribution in [0.1, 0.15) is 19.3 Å². The fourth-order valence-electron chi connectivity index (χ4n) is 2.26. The van der Waals surface area contributed by atoms with Crippen molar-refractivity contribution in [1.82, 2.24) is 5.32 Å². The third-order valence-corrected chi connectivity index (χ3v) is 3.42. The first-order chi connectivity index (χ1) is 11.0. The third kappa shape index (κ3) is 4.19. The molecular formula is C15H20N4O4. The molecule has 4 N–H and O–H groups in total. The molecule has 0 aliphatic carbocycles. The van der Waals surface area contributed by atoms with E-state index in [1.165, 1.54) is 12.0 Å². The highest BCUT2D eigenvalue weighted by atomic mass is 16.5. The van der Waals surface area contributed by atoms with Crippen LogP contribution in [0.2, 0.25) is 0 Å². The normalized spacial score (nSPS) is 14.4. The molecule has 0 aromatic heterocycles. The molecule has 23 heavy (non-hydrogen) atoms. The summed E-state index contributed by atoms with van der Waals surface area (Å²) in [5, 5.41) is 5.01. The van der Waals surface area contributed by atoms with Crippen molar-refractivity contribution >= 4 is 29.2 Å². The van der Waals surface area contributed by atoms with Crippen molar-refractivity contribution in [3.63, 3.8) is 0 Å². The van der Waals surface area contributed by atoms with Gasteiger partial charge in [-0.25, -0.2) is 4.79 Å². The number of methoxy groups -OCH3 is 1. The molecule has 1 aliphatic rings. The lowest BCUT2D eigenvalue weighted by Crippen LogP contribution is -2.49. The summed E-state index contributed by atoms with van der Waals surface area (Å²) in [7, 11) is 1.49. The first-order valence-corrected chi connectivity index (χ1v) is 7.34. The standard InChI is InChI=1S/C15H20N4O4/c1-23-12-5-4-10(17-13(20)3-2-7-16)9-11(12)19-8-6-14(21)18-15(19)22/h4-5,9H,2-3,6-8,16H2,1H3,(H,17,20)(H,18,21,22). The van der Waals surface area contributed by atoms with E-state index >= 15 is 0 Å². The van der Waals surface area contributed by atoms with Crippen LogP contribution in [-0.2, 0) is 9.59 Å². The van der Waals surface area contributed by atoms with Crippen LogP contribution < -0.4 is 26.0 Å². The molecule has 8 heteroatoms. The Hall–Kier alpha value is -2.61. The number of rotatable bonds is 6. The van der Waals surface area contributed by atoms with Gasteiger partial charge in [-0.05, 0) is 31.2 Å². The Morgan fingerprint density at radius 2 is 2.22 bits per heavy atom. The number of nitrogens with one attached hydrogen (secondary N) is 2. The number of urea groups is 1. The summed E-state index contributed by atoms with van der Waals surface area (Å²) in [5.74, 6) is 0.0238. The van der Waals surface area contributed by atoms with E-state index in [1.807, 2.05) is 0 Å². The van der Waals surface area contributed by atoms with E-state index in [4.69, 9.17) is 10.5 Å². The number of imide groups is 1. The van der Waals surface area contributed by atoms with E-state index < -0.39 is 6.03 Å². The second-order valence-electron chi connectivity index (χ2n) is 5.08. The Morgan fingerprint density at radius 1 is 1.43 bits per heavy atom. The molecule has 124 valence electrons. The summed E-state index contributed by atoms with van der Waals surface area (Å²) in [4.78, 5) is 36.4. The van der Waals surface area contributed by atoms with Crippen molar-refractivity contribution in [2.45, 2.75) is 19.3 Å². The third-order valence-electron chi connectivity index (χ3n) is 3.42. The number of nitrogens with two attached hydrogens (primary N) is 1. The van der Waals surface area contributed by atoms with Gasteiger partial charge in [0.25, 0.3) is 0 Å². The Labute approximate surface area is 134 Å². The van der Waals surface area contributed by atoms with E-state index in [0.29, 0.717) is 36.5 Å². The number of nitrogens with zero attached hydrogens (tertiary/aromatic N) is 1. The highest BCUT2D eigenvalue weighted by Gasteiger charge is 2.26. The second kappa shape index (κ2) is 7.59. The molecule has 1 aliphatic heterocycles. The van der Waals surface area contributed by atoms with Gasteiger partial charge < -0.3 is 15.8 Å². The van der Waals surface area contributed by atoms with Gasteiger partial charge in [0.2, 0.25) is 11.8 Å². The summed E-state index contributed by atoms with van der Waals surface area (Å²) >= 11 is 0. The van der Waals surface area contributed by atoms with Gasteiger partial charge in [-0.2, -0.15) is 0 Å². The Kier molecular flexibility index (Phi) is 5.53. The molecule has 0 spiro atoms. The summed E-state index contributed by atoms with van der Waals surface area (Å²) < 4.78 is 5.26. The van der Waals surface area contributed by atoms with Crippen molar-refractivity contribution in [2.24, 2.45) is 5.73 Å². The SMILES string of the molecule is COc1ccc(NC(=O)CCCN)cc1N1CCC(=O)NC1=O. The fourth-order valence-corrected chi connectivity index (χ4v) is 2.26. The molecular weight excluding hydrogens is 300 g/mol. The average Bonchev–Trinajstić information content (AvgIpc) is 2.53. The maximum Gasteiger partial charge on any atom is 0.328 e. The van der Waals surface area contributed by atoms with Crippen molar-refractivity contribution < 1.29 is 19.1 Å². The van der Waals surface area contributed by atoms with Crippen LogP contribution in [0.25, 0.3) is 0 Å². The summed E-state index contributed by atoms with van der Waals surface area (Å²) in [6, 6.07) is 4.49. The molecule has 0 bridgehead atoms. The van der Waals surface area contributed by atoms with Gasteiger partial charge in [0.1, 0.15) is 5.75 Å². The minimum Gasteiger partial charge on any atom is -0.495 e. The van der Waals surface area contributed by atoms with E-state index in [-0.39, 0.29) is 24.8 Å². The monoisotopic (exact) mass is 320 g/mol. The molecule has 4 amide bonds. The molecule has 0 unspecified atom stereocenters. The summed E-state index contributed by atoms with van der Waals surface area (Å²) in [6.45, 7) is 0.703. The van der Waals surface area contributed by atoms with Gasteiger partial charge in [-0.15, -0.1) is 0 Å². The molecule has 0 atom stereocenters. The number of hydrogen-bond donors (Lipinski definition) is 3. The van der Waals surface area contributed by atoms with Crippen LogP contribution in [0.4, 0.5) is 16.2 Å². The zero-order chi connectivity index (χ0) is 16.8. The molecule has 1 saturated heterocycles. The lowest BCUT2D eigenvalue weighted by Gasteiger charge is -2.28. The van der Waals surface area contributed by atoms with Gasteiger partial charge in [0.05, 0.1) is 12.8 Å². The lowest BCUT2D eigenvalue weighted by atomic mass is 10.2. The van der Waals surface area contributed by atoms with E-state index in [1.54, 1.807) is 18.2 Å². The molecule has 0 saturated carbocycles. The number of anilines is 2. The first-order valence-electron chi connectivity index (χ1n) is 7.34. The van der Waals surface area contributed by atoms with Crippen molar-refractivity contribution in [2.75, 3.05) is 30.4 Å². The second-order valence-corrected chi connectivity index (χ2v) is 5.08. The predicted molar refractivity (Wildman–Crippen MR) is 85.4 cm³/mol. The molecule has 1 heterocycles. The fraction of sp³-hybridized carbons (Fsp3) is 0.400. The van der Waals surface area contributed by atoms with Gasteiger partial charge in [-0.1, -0.05) is 0 Å². The lowest BCUT2D eigenvalue weighted by molar-refractivity contribution is -0.120. The van der Waals surface area contributed by atoms with Crippen molar-refractivity contribution in [3.05, 3.63) is 18.2 Å². The number of hydrogen-bond acceptors (Lipinski definition) is 5. The van der Waals surface area contributed by atoms with E-state index in [2.05, 4.69) is 10.6 Å². The Bertz CT molecular complexity index is 617. The molecule has 1 aromatic rings. The largest absolute Gasteiger partial charge is 0.495 e. The molecule has 0 radical (unpaired) electrons. The zero-order valence-corrected chi connectivity index (χ0v) is 12.9. The summed E-state index contributed by atoms with van der Waals surface area (Å²) in [5.41, 5.74) is 6.42. The van der Waals surface area contributed by atoms with Gasteiger partial charge in [-0.3, -0.25) is 19.8 Å².